The smallest absolute Gasteiger partial charge is 0.0702 e. The van der Waals surface area contributed by atoms with E-state index in [1.54, 1.807) is 0 Å². The molecule has 2 aromatic rings. The summed E-state index contributed by atoms with van der Waals surface area (Å²) in [6.07, 6.45) is 2.02. The van der Waals surface area contributed by atoms with Gasteiger partial charge in [0.15, 0.2) is 0 Å². The number of hydrogen-bond donors (Lipinski definition) is 2. The van der Waals surface area contributed by atoms with Crippen molar-refractivity contribution in [2.75, 3.05) is 0 Å². The minimum atomic E-state index is 0.0627. The summed E-state index contributed by atoms with van der Waals surface area (Å²) in [7, 11) is 0. The van der Waals surface area contributed by atoms with Gasteiger partial charge < -0.3 is 15.4 Å². The summed E-state index contributed by atoms with van der Waals surface area (Å²) in [6, 6.07) is 6.50. The maximum absolute atomic E-state index is 9.40. The van der Waals surface area contributed by atoms with Crippen molar-refractivity contribution in [1.29, 1.82) is 0 Å². The van der Waals surface area contributed by atoms with Gasteiger partial charge >= 0.3 is 0 Å². The fraction of sp³-hybridized carbons (Fsp3) is 0.385. The van der Waals surface area contributed by atoms with Gasteiger partial charge in [0.25, 0.3) is 0 Å². The number of rotatable bonds is 3. The summed E-state index contributed by atoms with van der Waals surface area (Å²) in [5.74, 6) is 0. The summed E-state index contributed by atoms with van der Waals surface area (Å²) >= 11 is 0. The lowest BCUT2D eigenvalue weighted by Crippen LogP contribution is -2.00. The molecule has 0 saturated heterocycles. The molecule has 0 aliphatic heterocycles. The molecule has 3 heteroatoms. The summed E-state index contributed by atoms with van der Waals surface area (Å²) in [6.45, 7) is 4.84. The van der Waals surface area contributed by atoms with Crippen LogP contribution in [0.2, 0.25) is 0 Å². The van der Waals surface area contributed by atoms with Crippen molar-refractivity contribution >= 4 is 10.9 Å². The third-order valence-electron chi connectivity index (χ3n) is 2.97. The molecule has 2 rings (SSSR count). The molecule has 0 saturated carbocycles. The van der Waals surface area contributed by atoms with Gasteiger partial charge in [0.2, 0.25) is 0 Å². The van der Waals surface area contributed by atoms with Crippen molar-refractivity contribution in [3.63, 3.8) is 0 Å². The fourth-order valence-electron chi connectivity index (χ4n) is 2.19. The number of fused-ring (bicyclic) bond motifs is 1. The first-order valence-corrected chi connectivity index (χ1v) is 5.61. The second-order valence-electron chi connectivity index (χ2n) is 4.33. The quantitative estimate of drug-likeness (QED) is 0.829. The van der Waals surface area contributed by atoms with Gasteiger partial charge in [0, 0.05) is 35.2 Å². The molecule has 0 radical (unpaired) electrons. The Balaban J connectivity index is 2.79. The van der Waals surface area contributed by atoms with Gasteiger partial charge in [-0.3, -0.25) is 0 Å². The second kappa shape index (κ2) is 4.28. The molecule has 1 aromatic carbocycles. The van der Waals surface area contributed by atoms with E-state index in [9.17, 15) is 5.11 Å². The molecule has 0 unspecified atom stereocenters. The second-order valence-corrected chi connectivity index (χ2v) is 4.33. The van der Waals surface area contributed by atoms with Gasteiger partial charge in [-0.2, -0.15) is 0 Å². The highest BCUT2D eigenvalue weighted by atomic mass is 16.3. The van der Waals surface area contributed by atoms with E-state index >= 15 is 0 Å². The van der Waals surface area contributed by atoms with Gasteiger partial charge in [0.1, 0.15) is 0 Å². The first kappa shape index (κ1) is 11.2. The molecule has 0 bridgehead atoms. The first-order valence-electron chi connectivity index (χ1n) is 5.61. The number of nitrogens with two attached hydrogens (primary N) is 1. The molecule has 1 heterocycles. The first-order chi connectivity index (χ1) is 7.69. The zero-order valence-corrected chi connectivity index (χ0v) is 9.77. The van der Waals surface area contributed by atoms with E-state index in [2.05, 4.69) is 24.5 Å². The largest absolute Gasteiger partial charge is 0.392 e. The third-order valence-corrected chi connectivity index (χ3v) is 2.97. The normalized spacial score (nSPS) is 11.6. The Bertz CT molecular complexity index is 500. The summed E-state index contributed by atoms with van der Waals surface area (Å²) in [5, 5.41) is 10.5. The van der Waals surface area contributed by atoms with Crippen molar-refractivity contribution < 1.29 is 5.11 Å². The van der Waals surface area contributed by atoms with Crippen LogP contribution in [0.25, 0.3) is 10.9 Å². The molecule has 0 amide bonds. The highest BCUT2D eigenvalue weighted by molar-refractivity contribution is 5.87. The monoisotopic (exact) mass is 218 g/mol. The van der Waals surface area contributed by atoms with Gasteiger partial charge in [-0.15, -0.1) is 0 Å². The lowest BCUT2D eigenvalue weighted by atomic mass is 10.1. The van der Waals surface area contributed by atoms with Gasteiger partial charge in [-0.25, -0.2) is 0 Å². The number of nitrogens with zero attached hydrogens (tertiary/aromatic N) is 1. The molecule has 0 aliphatic carbocycles. The van der Waals surface area contributed by atoms with Crippen LogP contribution >= 0.6 is 0 Å². The molecule has 16 heavy (non-hydrogen) atoms. The van der Waals surface area contributed by atoms with E-state index < -0.39 is 0 Å². The lowest BCUT2D eigenvalue weighted by Gasteiger charge is -2.09. The Kier molecular flexibility index (Phi) is 2.99. The lowest BCUT2D eigenvalue weighted by molar-refractivity contribution is 0.283. The Labute approximate surface area is 95.5 Å². The molecular formula is C13H18N2O. The van der Waals surface area contributed by atoms with Gasteiger partial charge in [-0.05, 0) is 25.5 Å². The summed E-state index contributed by atoms with van der Waals surface area (Å²) in [5.41, 5.74) is 8.95. The predicted octanol–water partition coefficient (Wildman–Crippen LogP) is 2.17. The van der Waals surface area contributed by atoms with Crippen molar-refractivity contribution in [1.82, 2.24) is 4.57 Å². The van der Waals surface area contributed by atoms with Crippen molar-refractivity contribution in [2.24, 2.45) is 5.73 Å². The molecule has 1 aromatic heterocycles. The van der Waals surface area contributed by atoms with E-state index in [1.807, 2.05) is 18.3 Å². The van der Waals surface area contributed by atoms with Crippen LogP contribution in [0, 0.1) is 0 Å². The number of hydrogen-bond acceptors (Lipinski definition) is 2. The number of aliphatic hydroxyl groups is 1. The van der Waals surface area contributed by atoms with Gasteiger partial charge in [0.05, 0.1) is 6.61 Å². The minimum Gasteiger partial charge on any atom is -0.392 e. The van der Waals surface area contributed by atoms with E-state index in [1.165, 1.54) is 0 Å². The zero-order chi connectivity index (χ0) is 11.7. The average Bonchev–Trinajstić information content (AvgIpc) is 2.67. The van der Waals surface area contributed by atoms with E-state index in [4.69, 9.17) is 5.73 Å². The molecule has 3 nitrogen and oxygen atoms in total. The van der Waals surface area contributed by atoms with Crippen LogP contribution in [0.1, 0.15) is 31.0 Å². The van der Waals surface area contributed by atoms with E-state index in [0.29, 0.717) is 12.6 Å². The number of aromatic nitrogens is 1. The van der Waals surface area contributed by atoms with E-state index in [-0.39, 0.29) is 6.61 Å². The standard InChI is InChI=1S/C13H18N2O/c1-9(2)15-7-11(8-16)13-10(6-14)4-3-5-12(13)15/h3-5,7,9,16H,6,8,14H2,1-2H3. The summed E-state index contributed by atoms with van der Waals surface area (Å²) in [4.78, 5) is 0. The van der Waals surface area contributed by atoms with Gasteiger partial charge in [-0.1, -0.05) is 12.1 Å². The Morgan fingerprint density at radius 3 is 2.62 bits per heavy atom. The number of aliphatic hydroxyl groups excluding tert-OH is 1. The van der Waals surface area contributed by atoms with Crippen LogP contribution < -0.4 is 5.73 Å². The maximum Gasteiger partial charge on any atom is 0.0702 e. The summed E-state index contributed by atoms with van der Waals surface area (Å²) < 4.78 is 2.18. The van der Waals surface area contributed by atoms with E-state index in [0.717, 1.165) is 22.0 Å². The topological polar surface area (TPSA) is 51.2 Å². The van der Waals surface area contributed by atoms with Crippen LogP contribution in [-0.4, -0.2) is 9.67 Å². The van der Waals surface area contributed by atoms with Crippen LogP contribution in [0.4, 0.5) is 0 Å². The average molecular weight is 218 g/mol. The Morgan fingerprint density at radius 2 is 2.06 bits per heavy atom. The predicted molar refractivity (Wildman–Crippen MR) is 66.1 cm³/mol. The minimum absolute atomic E-state index is 0.0627. The molecule has 0 atom stereocenters. The zero-order valence-electron chi connectivity index (χ0n) is 9.77. The SMILES string of the molecule is CC(C)n1cc(CO)c2c(CN)cccc21. The van der Waals surface area contributed by atoms with Crippen LogP contribution in [0.5, 0.6) is 0 Å². The molecule has 0 aliphatic rings. The van der Waals surface area contributed by atoms with Crippen molar-refractivity contribution in [2.45, 2.75) is 33.0 Å². The molecule has 0 spiro atoms. The van der Waals surface area contributed by atoms with Crippen molar-refractivity contribution in [3.05, 3.63) is 35.5 Å². The van der Waals surface area contributed by atoms with Crippen LogP contribution in [0.3, 0.4) is 0 Å². The Hall–Kier alpha value is -1.32. The Morgan fingerprint density at radius 1 is 1.31 bits per heavy atom. The fourth-order valence-corrected chi connectivity index (χ4v) is 2.19. The van der Waals surface area contributed by atoms with Crippen LogP contribution in [-0.2, 0) is 13.2 Å². The molecule has 86 valence electrons. The van der Waals surface area contributed by atoms with Crippen molar-refractivity contribution in [3.8, 4) is 0 Å². The highest BCUT2D eigenvalue weighted by Crippen LogP contribution is 2.27. The maximum atomic E-state index is 9.40. The number of benzene rings is 1. The molecule has 0 fully saturated rings. The highest BCUT2D eigenvalue weighted by Gasteiger charge is 2.12. The third kappa shape index (κ3) is 1.62. The van der Waals surface area contributed by atoms with Crippen LogP contribution in [0.15, 0.2) is 24.4 Å². The molecular weight excluding hydrogens is 200 g/mol. The molecule has 3 N–H and O–H groups in total.